The minimum Gasteiger partial charge on any atom is -0.478 e. The zero-order chi connectivity index (χ0) is 20.4. The first-order valence-corrected chi connectivity index (χ1v) is 8.89. The average Bonchev–Trinajstić information content (AvgIpc) is 3.14. The molecule has 0 aliphatic heterocycles. The number of rotatable bonds is 5. The van der Waals surface area contributed by atoms with Crippen molar-refractivity contribution in [1.29, 1.82) is 0 Å². The van der Waals surface area contributed by atoms with Gasteiger partial charge in [-0.2, -0.15) is 0 Å². The minimum atomic E-state index is -1.06. The number of nitrogens with zero attached hydrogens (tertiary/aromatic N) is 1. The van der Waals surface area contributed by atoms with Crippen molar-refractivity contribution in [2.24, 2.45) is 0 Å². The van der Waals surface area contributed by atoms with E-state index < -0.39 is 17.7 Å². The standard InChI is InChI=1S/C23H16N2O4/c26-21(22(27)24-17-11-9-16(10-12-17)23(28)29)20-14-18(15-6-2-1-3-7-15)19-8-4-5-13-25(19)20/h1-14H,(H,24,27)(H,28,29). The zero-order valence-corrected chi connectivity index (χ0v) is 15.2. The van der Waals surface area contributed by atoms with Crippen LogP contribution in [0.4, 0.5) is 5.69 Å². The highest BCUT2D eigenvalue weighted by Crippen LogP contribution is 2.28. The summed E-state index contributed by atoms with van der Waals surface area (Å²) in [4.78, 5) is 36.3. The van der Waals surface area contributed by atoms with Gasteiger partial charge >= 0.3 is 5.97 Å². The molecule has 142 valence electrons. The fraction of sp³-hybridized carbons (Fsp3) is 0. The summed E-state index contributed by atoms with van der Waals surface area (Å²) in [6.45, 7) is 0. The number of hydrogen-bond donors (Lipinski definition) is 2. The Morgan fingerprint density at radius 1 is 0.828 bits per heavy atom. The van der Waals surface area contributed by atoms with Crippen LogP contribution in [0, 0.1) is 0 Å². The number of carbonyl (C=O) groups is 3. The Bertz CT molecular complexity index is 1220. The predicted molar refractivity (Wildman–Crippen MR) is 109 cm³/mol. The highest BCUT2D eigenvalue weighted by Gasteiger charge is 2.22. The van der Waals surface area contributed by atoms with Gasteiger partial charge in [-0.15, -0.1) is 0 Å². The summed E-state index contributed by atoms with van der Waals surface area (Å²) in [7, 11) is 0. The van der Waals surface area contributed by atoms with Crippen LogP contribution in [0.15, 0.2) is 85.1 Å². The highest BCUT2D eigenvalue weighted by atomic mass is 16.4. The summed E-state index contributed by atoms with van der Waals surface area (Å²) >= 11 is 0. The number of ketones is 1. The summed E-state index contributed by atoms with van der Waals surface area (Å²) in [5, 5.41) is 11.5. The molecular weight excluding hydrogens is 368 g/mol. The largest absolute Gasteiger partial charge is 0.478 e. The molecule has 0 aliphatic carbocycles. The van der Waals surface area contributed by atoms with E-state index in [0.717, 1.165) is 16.6 Å². The minimum absolute atomic E-state index is 0.0967. The Hall–Kier alpha value is -4.19. The third kappa shape index (κ3) is 3.51. The summed E-state index contributed by atoms with van der Waals surface area (Å²) in [6.07, 6.45) is 1.74. The average molecular weight is 384 g/mol. The molecule has 6 heteroatoms. The molecule has 29 heavy (non-hydrogen) atoms. The molecule has 1 amide bonds. The van der Waals surface area contributed by atoms with Crippen molar-refractivity contribution in [2.45, 2.75) is 0 Å². The van der Waals surface area contributed by atoms with Gasteiger partial charge in [0.2, 0.25) is 0 Å². The number of benzene rings is 2. The van der Waals surface area contributed by atoms with E-state index in [2.05, 4.69) is 5.32 Å². The number of carboxylic acid groups (broad SMARTS) is 1. The lowest BCUT2D eigenvalue weighted by Gasteiger charge is -2.05. The second kappa shape index (κ2) is 7.44. The monoisotopic (exact) mass is 384 g/mol. The van der Waals surface area contributed by atoms with Gasteiger partial charge in [-0.25, -0.2) is 4.79 Å². The number of carbonyl (C=O) groups excluding carboxylic acids is 2. The molecule has 0 saturated carbocycles. The molecule has 6 nitrogen and oxygen atoms in total. The normalized spacial score (nSPS) is 10.6. The zero-order valence-electron chi connectivity index (χ0n) is 15.2. The van der Waals surface area contributed by atoms with Crippen molar-refractivity contribution in [3.8, 4) is 11.1 Å². The van der Waals surface area contributed by atoms with Crippen molar-refractivity contribution in [3.63, 3.8) is 0 Å². The van der Waals surface area contributed by atoms with Crippen LogP contribution in [0.1, 0.15) is 20.8 Å². The lowest BCUT2D eigenvalue weighted by molar-refractivity contribution is -0.112. The third-order valence-corrected chi connectivity index (χ3v) is 4.59. The maximum atomic E-state index is 12.9. The Morgan fingerprint density at radius 2 is 1.52 bits per heavy atom. The van der Waals surface area contributed by atoms with E-state index in [1.165, 1.54) is 24.3 Å². The van der Waals surface area contributed by atoms with Crippen LogP contribution in [-0.4, -0.2) is 27.2 Å². The van der Waals surface area contributed by atoms with Crippen LogP contribution < -0.4 is 5.32 Å². The van der Waals surface area contributed by atoms with E-state index in [1.807, 2.05) is 42.5 Å². The second-order valence-electron chi connectivity index (χ2n) is 6.43. The number of amides is 1. The Labute approximate surface area is 166 Å². The SMILES string of the molecule is O=C(Nc1ccc(C(=O)O)cc1)C(=O)c1cc(-c2ccccc2)c2ccccn12. The van der Waals surface area contributed by atoms with Gasteiger partial charge in [0.1, 0.15) is 0 Å². The number of hydrogen-bond acceptors (Lipinski definition) is 3. The van der Waals surface area contributed by atoms with Gasteiger partial charge in [0, 0.05) is 17.4 Å². The molecule has 2 heterocycles. The molecule has 0 spiro atoms. The first-order valence-electron chi connectivity index (χ1n) is 8.89. The molecule has 0 radical (unpaired) electrons. The molecule has 2 aromatic heterocycles. The molecule has 0 bridgehead atoms. The number of aromatic carboxylic acids is 1. The predicted octanol–water partition coefficient (Wildman–Crippen LogP) is 4.13. The first kappa shape index (κ1) is 18.2. The summed E-state index contributed by atoms with van der Waals surface area (Å²) in [5.41, 5.74) is 3.31. The smallest absolute Gasteiger partial charge is 0.335 e. The summed E-state index contributed by atoms with van der Waals surface area (Å²) in [5.74, 6) is -2.54. The number of aromatic nitrogens is 1. The molecule has 0 unspecified atom stereocenters. The Balaban J connectivity index is 1.66. The van der Waals surface area contributed by atoms with Gasteiger partial charge in [0.05, 0.1) is 16.8 Å². The fourth-order valence-electron chi connectivity index (χ4n) is 3.18. The summed E-state index contributed by atoms with van der Waals surface area (Å²) < 4.78 is 1.69. The molecular formula is C23H16N2O4. The quantitative estimate of drug-likeness (QED) is 0.400. The number of pyridine rings is 1. The second-order valence-corrected chi connectivity index (χ2v) is 6.43. The van der Waals surface area contributed by atoms with Crippen molar-refractivity contribution in [3.05, 3.63) is 96.3 Å². The number of carboxylic acids is 1. The van der Waals surface area contributed by atoms with Crippen LogP contribution in [0.25, 0.3) is 16.6 Å². The number of Topliss-reactive ketones (excluding diaryl/α,β-unsaturated/α-hetero) is 1. The molecule has 4 rings (SSSR count). The maximum absolute atomic E-state index is 12.9. The van der Waals surface area contributed by atoms with Gasteiger partial charge in [-0.05, 0) is 48.0 Å². The summed E-state index contributed by atoms with van der Waals surface area (Å²) in [6, 6.07) is 22.5. The van der Waals surface area contributed by atoms with E-state index in [9.17, 15) is 14.4 Å². The molecule has 0 aliphatic rings. The van der Waals surface area contributed by atoms with Gasteiger partial charge in [-0.1, -0.05) is 36.4 Å². The molecule has 0 saturated heterocycles. The van der Waals surface area contributed by atoms with Crippen LogP contribution in [0.5, 0.6) is 0 Å². The van der Waals surface area contributed by atoms with Crippen LogP contribution >= 0.6 is 0 Å². The molecule has 2 aromatic carbocycles. The Morgan fingerprint density at radius 3 is 2.21 bits per heavy atom. The van der Waals surface area contributed by atoms with Gasteiger partial charge in [-0.3, -0.25) is 9.59 Å². The van der Waals surface area contributed by atoms with Crippen LogP contribution in [0.2, 0.25) is 0 Å². The lowest BCUT2D eigenvalue weighted by atomic mass is 10.1. The topological polar surface area (TPSA) is 87.9 Å². The van der Waals surface area contributed by atoms with Gasteiger partial charge in [0.15, 0.2) is 0 Å². The van der Waals surface area contributed by atoms with E-state index in [1.54, 1.807) is 22.7 Å². The van der Waals surface area contributed by atoms with Crippen molar-refractivity contribution in [2.75, 3.05) is 5.32 Å². The maximum Gasteiger partial charge on any atom is 0.335 e. The van der Waals surface area contributed by atoms with E-state index in [0.29, 0.717) is 5.69 Å². The van der Waals surface area contributed by atoms with E-state index >= 15 is 0 Å². The fourth-order valence-corrected chi connectivity index (χ4v) is 3.18. The van der Waals surface area contributed by atoms with E-state index in [4.69, 9.17) is 5.11 Å². The van der Waals surface area contributed by atoms with Crippen molar-refractivity contribution < 1.29 is 19.5 Å². The molecule has 0 fully saturated rings. The van der Waals surface area contributed by atoms with Crippen molar-refractivity contribution >= 4 is 28.9 Å². The molecule has 4 aromatic rings. The molecule has 0 atom stereocenters. The number of nitrogens with one attached hydrogen (secondary N) is 1. The van der Waals surface area contributed by atoms with Gasteiger partial charge in [0.25, 0.3) is 11.7 Å². The van der Waals surface area contributed by atoms with Crippen LogP contribution in [-0.2, 0) is 4.79 Å². The van der Waals surface area contributed by atoms with Crippen molar-refractivity contribution in [1.82, 2.24) is 4.40 Å². The third-order valence-electron chi connectivity index (χ3n) is 4.59. The van der Waals surface area contributed by atoms with E-state index in [-0.39, 0.29) is 11.3 Å². The first-order chi connectivity index (χ1) is 14.0. The van der Waals surface area contributed by atoms with Crippen LogP contribution in [0.3, 0.4) is 0 Å². The number of fused-ring (bicyclic) bond motifs is 1. The Kier molecular flexibility index (Phi) is 4.66. The number of anilines is 1. The highest BCUT2D eigenvalue weighted by molar-refractivity contribution is 6.46. The lowest BCUT2D eigenvalue weighted by Crippen LogP contribution is -2.24. The van der Waals surface area contributed by atoms with Gasteiger partial charge < -0.3 is 14.8 Å². The molecule has 2 N–H and O–H groups in total.